The Morgan fingerprint density at radius 1 is 1.11 bits per heavy atom. The molecular weight excluding hydrogens is 479 g/mol. The molecule has 2 aromatic rings. The van der Waals surface area contributed by atoms with Crippen molar-refractivity contribution in [1.82, 2.24) is 15.6 Å². The number of amides is 2. The van der Waals surface area contributed by atoms with Crippen molar-refractivity contribution >= 4 is 11.8 Å². The Kier molecular flexibility index (Phi) is 9.37. The molecule has 1 aliphatic rings. The van der Waals surface area contributed by atoms with E-state index < -0.39 is 17.6 Å². The summed E-state index contributed by atoms with van der Waals surface area (Å²) in [6.07, 6.45) is 3.69. The maximum Gasteiger partial charge on any atom is 0.416 e. The highest BCUT2D eigenvalue weighted by atomic mass is 19.4. The lowest BCUT2D eigenvalue weighted by Gasteiger charge is -2.49. The Balaban J connectivity index is 1.73. The summed E-state index contributed by atoms with van der Waals surface area (Å²) in [5, 5.41) is 6.14. The van der Waals surface area contributed by atoms with Gasteiger partial charge in [0.1, 0.15) is 0 Å². The van der Waals surface area contributed by atoms with Crippen LogP contribution in [-0.2, 0) is 6.18 Å². The first kappa shape index (κ1) is 28.7. The molecule has 0 aliphatic heterocycles. The maximum absolute atomic E-state index is 12.9. The molecule has 0 bridgehead atoms. The van der Waals surface area contributed by atoms with Gasteiger partial charge < -0.3 is 10.6 Å². The molecule has 4 atom stereocenters. The summed E-state index contributed by atoms with van der Waals surface area (Å²) in [6.45, 7) is 9.18. The molecule has 4 unspecified atom stereocenters. The van der Waals surface area contributed by atoms with Gasteiger partial charge in [-0.1, -0.05) is 40.5 Å². The van der Waals surface area contributed by atoms with Gasteiger partial charge >= 0.3 is 6.18 Å². The van der Waals surface area contributed by atoms with Crippen molar-refractivity contribution in [2.24, 2.45) is 23.2 Å². The molecule has 37 heavy (non-hydrogen) atoms. The SMILES string of the molecule is CC(C)CCCC1(C)CCC(NC(=O)c2cccnc2)C(C)C1CNC(=O)c1ccc(C(F)(F)F)cc1. The van der Waals surface area contributed by atoms with Crippen LogP contribution in [0.25, 0.3) is 0 Å². The summed E-state index contributed by atoms with van der Waals surface area (Å²) in [6, 6.07) is 7.68. The number of carbonyl (C=O) groups is 2. The molecule has 1 fully saturated rings. The van der Waals surface area contributed by atoms with Gasteiger partial charge in [0.15, 0.2) is 0 Å². The second-order valence-electron chi connectivity index (χ2n) is 11.1. The van der Waals surface area contributed by atoms with Crippen molar-refractivity contribution < 1.29 is 22.8 Å². The normalized spacial score (nSPS) is 24.1. The molecule has 0 radical (unpaired) electrons. The Morgan fingerprint density at radius 3 is 2.41 bits per heavy atom. The predicted molar refractivity (Wildman–Crippen MR) is 138 cm³/mol. The third-order valence-corrected chi connectivity index (χ3v) is 7.92. The first-order chi connectivity index (χ1) is 17.4. The third-order valence-electron chi connectivity index (χ3n) is 7.92. The number of halogens is 3. The molecule has 2 N–H and O–H groups in total. The fraction of sp³-hybridized carbons (Fsp3) is 0.552. The summed E-state index contributed by atoms with van der Waals surface area (Å²) in [5.74, 6) is 0.221. The second-order valence-corrected chi connectivity index (χ2v) is 11.1. The monoisotopic (exact) mass is 517 g/mol. The number of nitrogens with zero attached hydrogens (tertiary/aromatic N) is 1. The number of pyridine rings is 1. The smallest absolute Gasteiger partial charge is 0.352 e. The summed E-state index contributed by atoms with van der Waals surface area (Å²) in [4.78, 5) is 29.7. The van der Waals surface area contributed by atoms with E-state index in [1.165, 1.54) is 12.1 Å². The number of nitrogens with one attached hydrogen (secondary N) is 2. The zero-order chi connectivity index (χ0) is 27.2. The van der Waals surface area contributed by atoms with E-state index in [4.69, 9.17) is 0 Å². The maximum atomic E-state index is 12.9. The van der Waals surface area contributed by atoms with E-state index in [0.29, 0.717) is 18.0 Å². The Hall–Kier alpha value is -2.90. The van der Waals surface area contributed by atoms with Crippen molar-refractivity contribution in [2.75, 3.05) is 6.54 Å². The topological polar surface area (TPSA) is 71.1 Å². The zero-order valence-electron chi connectivity index (χ0n) is 22.1. The minimum atomic E-state index is -4.44. The van der Waals surface area contributed by atoms with Gasteiger partial charge in [-0.25, -0.2) is 0 Å². The van der Waals surface area contributed by atoms with Crippen LogP contribution >= 0.6 is 0 Å². The molecule has 8 heteroatoms. The van der Waals surface area contributed by atoms with Crippen LogP contribution in [-0.4, -0.2) is 29.4 Å². The number of carbonyl (C=O) groups excluding carboxylic acids is 2. The number of alkyl halides is 3. The summed E-state index contributed by atoms with van der Waals surface area (Å²) >= 11 is 0. The van der Waals surface area contributed by atoms with Gasteiger partial charge in [-0.15, -0.1) is 0 Å². The Bertz CT molecular complexity index is 1040. The number of hydrogen-bond acceptors (Lipinski definition) is 3. The number of hydrogen-bond donors (Lipinski definition) is 2. The van der Waals surface area contributed by atoms with Crippen LogP contribution in [0, 0.1) is 23.2 Å². The lowest BCUT2D eigenvalue weighted by Crippen LogP contribution is -2.53. The van der Waals surface area contributed by atoms with Gasteiger partial charge in [-0.2, -0.15) is 13.2 Å². The minimum Gasteiger partial charge on any atom is -0.352 e. The van der Waals surface area contributed by atoms with Crippen LogP contribution in [0.5, 0.6) is 0 Å². The minimum absolute atomic E-state index is 0.0305. The van der Waals surface area contributed by atoms with Crippen LogP contribution in [0.15, 0.2) is 48.8 Å². The molecule has 5 nitrogen and oxygen atoms in total. The van der Waals surface area contributed by atoms with Gasteiger partial charge in [0.25, 0.3) is 11.8 Å². The van der Waals surface area contributed by atoms with Gasteiger partial charge in [0.2, 0.25) is 0 Å². The average molecular weight is 518 g/mol. The van der Waals surface area contributed by atoms with Crippen molar-refractivity contribution in [3.05, 3.63) is 65.5 Å². The molecule has 1 aliphatic carbocycles. The second kappa shape index (κ2) is 12.1. The number of aromatic nitrogens is 1. The molecule has 202 valence electrons. The molecule has 2 amide bonds. The standard InChI is InChI=1S/C29H38F3N3O2/c1-19(2)7-5-14-28(4)15-13-25(35-27(37)22-8-6-16-33-17-22)20(3)24(28)18-34-26(36)21-9-11-23(12-10-21)29(30,31)32/h6,8-12,16-17,19-20,24-25H,5,7,13-15,18H2,1-4H3,(H,34,36)(H,35,37). The highest BCUT2D eigenvalue weighted by Crippen LogP contribution is 2.47. The van der Waals surface area contributed by atoms with Crippen LogP contribution < -0.4 is 10.6 Å². The van der Waals surface area contributed by atoms with E-state index in [1.54, 1.807) is 24.5 Å². The molecule has 1 aromatic carbocycles. The van der Waals surface area contributed by atoms with Crippen molar-refractivity contribution in [3.8, 4) is 0 Å². The van der Waals surface area contributed by atoms with E-state index in [0.717, 1.165) is 44.2 Å². The summed E-state index contributed by atoms with van der Waals surface area (Å²) in [7, 11) is 0. The van der Waals surface area contributed by atoms with Gasteiger partial charge in [0.05, 0.1) is 11.1 Å². The molecule has 3 rings (SSSR count). The van der Waals surface area contributed by atoms with E-state index in [1.807, 2.05) is 0 Å². The predicted octanol–water partition coefficient (Wildman–Crippen LogP) is 6.51. The zero-order valence-corrected chi connectivity index (χ0v) is 22.1. The number of rotatable bonds is 9. The fourth-order valence-electron chi connectivity index (χ4n) is 5.57. The van der Waals surface area contributed by atoms with Gasteiger partial charge in [-0.05, 0) is 78.8 Å². The van der Waals surface area contributed by atoms with E-state index >= 15 is 0 Å². The summed E-state index contributed by atoms with van der Waals surface area (Å²) < 4.78 is 38.7. The Morgan fingerprint density at radius 2 is 1.81 bits per heavy atom. The van der Waals surface area contributed by atoms with Crippen LogP contribution in [0.4, 0.5) is 13.2 Å². The lowest BCUT2D eigenvalue weighted by atomic mass is 9.59. The van der Waals surface area contributed by atoms with E-state index in [-0.39, 0.29) is 34.8 Å². The van der Waals surface area contributed by atoms with Crippen LogP contribution in [0.1, 0.15) is 86.1 Å². The highest BCUT2D eigenvalue weighted by molar-refractivity contribution is 5.94. The van der Waals surface area contributed by atoms with Crippen LogP contribution in [0.2, 0.25) is 0 Å². The summed E-state index contributed by atoms with van der Waals surface area (Å²) in [5.41, 5.74) is -0.113. The highest BCUT2D eigenvalue weighted by Gasteiger charge is 2.44. The first-order valence-corrected chi connectivity index (χ1v) is 13.1. The quantitative estimate of drug-likeness (QED) is 0.398. The van der Waals surface area contributed by atoms with Crippen molar-refractivity contribution in [3.63, 3.8) is 0 Å². The molecule has 1 saturated carbocycles. The van der Waals surface area contributed by atoms with Crippen molar-refractivity contribution in [1.29, 1.82) is 0 Å². The Labute approximate surface area is 217 Å². The largest absolute Gasteiger partial charge is 0.416 e. The first-order valence-electron chi connectivity index (χ1n) is 13.1. The van der Waals surface area contributed by atoms with E-state index in [2.05, 4.69) is 43.3 Å². The molecule has 1 aromatic heterocycles. The number of benzene rings is 1. The van der Waals surface area contributed by atoms with Crippen molar-refractivity contribution in [2.45, 2.75) is 72.0 Å². The third kappa shape index (κ3) is 7.55. The molecule has 1 heterocycles. The molecule has 0 spiro atoms. The lowest BCUT2D eigenvalue weighted by molar-refractivity contribution is -0.137. The van der Waals surface area contributed by atoms with Crippen LogP contribution in [0.3, 0.4) is 0 Å². The molecule has 0 saturated heterocycles. The van der Waals surface area contributed by atoms with Gasteiger partial charge in [0, 0.05) is 30.5 Å². The average Bonchev–Trinajstić information content (AvgIpc) is 2.85. The fourth-order valence-corrected chi connectivity index (χ4v) is 5.57. The molecular formula is C29H38F3N3O2. The van der Waals surface area contributed by atoms with E-state index in [9.17, 15) is 22.8 Å². The van der Waals surface area contributed by atoms with Gasteiger partial charge in [-0.3, -0.25) is 14.6 Å².